The highest BCUT2D eigenvalue weighted by atomic mass is 16.6. The maximum absolute atomic E-state index is 13.2. The average molecular weight is 549 g/mol. The minimum absolute atomic E-state index is 0.00614. The first-order valence-corrected chi connectivity index (χ1v) is 14.9. The third kappa shape index (κ3) is 5.09. The molecule has 0 N–H and O–H groups in total. The molecule has 4 nitrogen and oxygen atoms in total. The lowest BCUT2D eigenvalue weighted by Crippen LogP contribution is -2.47. The Morgan fingerprint density at radius 3 is 1.93 bits per heavy atom. The second-order valence-electron chi connectivity index (χ2n) is 11.8. The van der Waals surface area contributed by atoms with Crippen molar-refractivity contribution in [3.63, 3.8) is 0 Å². The number of ether oxygens (including phenoxy) is 3. The van der Waals surface area contributed by atoms with Crippen molar-refractivity contribution in [2.24, 2.45) is 17.8 Å². The van der Waals surface area contributed by atoms with Crippen molar-refractivity contribution in [1.82, 2.24) is 0 Å². The third-order valence-corrected chi connectivity index (χ3v) is 9.42. The Hall–Kier alpha value is -3.47. The SMILES string of the molecule is COC(=O)[C@H]1CC=C(C)[C@H]2[C@@H]1[C@H]1O[C@@H]2C/C(C)=C/CC[C@H]1OC(c1ccccc1)(c1ccccc1)c1ccccc1. The summed E-state index contributed by atoms with van der Waals surface area (Å²) in [5.41, 5.74) is 5.00. The van der Waals surface area contributed by atoms with Gasteiger partial charge in [-0.25, -0.2) is 0 Å². The lowest BCUT2D eigenvalue weighted by atomic mass is 9.67. The number of fused-ring (bicyclic) bond motifs is 5. The standard InChI is InChI=1S/C37H40O4/c1-25-14-13-21-31(35-34-30(36(38)39-3)23-22-26(2)33(34)32(24-25)40-35)41-37(27-15-7-4-8-16-27,28-17-9-5-10-18-28)29-19-11-6-12-20-29/h4-12,14-20,22,30-35H,13,21,23-24H2,1-3H3/b25-14+/t30-,31+,32+,33+,34+,35-/m0/s1. The molecule has 1 saturated heterocycles. The van der Waals surface area contributed by atoms with Crippen LogP contribution in [0.4, 0.5) is 0 Å². The number of hydrogen-bond donors (Lipinski definition) is 0. The number of methoxy groups -OCH3 is 1. The lowest BCUT2D eigenvalue weighted by Gasteiger charge is -2.43. The van der Waals surface area contributed by atoms with Gasteiger partial charge in [-0.15, -0.1) is 0 Å². The molecule has 2 heterocycles. The van der Waals surface area contributed by atoms with Crippen LogP contribution in [-0.4, -0.2) is 31.4 Å². The summed E-state index contributed by atoms with van der Waals surface area (Å²) in [7, 11) is 1.50. The quantitative estimate of drug-likeness (QED) is 0.180. The summed E-state index contributed by atoms with van der Waals surface area (Å²) in [5.74, 6) is -0.252. The van der Waals surface area contributed by atoms with Crippen LogP contribution in [0.25, 0.3) is 0 Å². The number of hydrogen-bond acceptors (Lipinski definition) is 4. The van der Waals surface area contributed by atoms with Crippen molar-refractivity contribution in [2.45, 2.75) is 63.4 Å². The number of esters is 1. The Morgan fingerprint density at radius 2 is 1.39 bits per heavy atom. The molecule has 1 aliphatic carbocycles. The fourth-order valence-corrected chi connectivity index (χ4v) is 7.56. The van der Waals surface area contributed by atoms with Gasteiger partial charge in [-0.05, 0) is 56.2 Å². The number of carbonyl (C=O) groups excluding carboxylic acids is 1. The van der Waals surface area contributed by atoms with Crippen molar-refractivity contribution in [3.05, 3.63) is 131 Å². The van der Waals surface area contributed by atoms with E-state index in [1.165, 1.54) is 18.3 Å². The molecule has 0 aromatic heterocycles. The minimum atomic E-state index is -0.863. The number of benzene rings is 3. The molecule has 6 rings (SSSR count). The summed E-state index contributed by atoms with van der Waals surface area (Å²) in [4.78, 5) is 13.2. The summed E-state index contributed by atoms with van der Waals surface area (Å²) < 4.78 is 20.0. The molecule has 4 heteroatoms. The van der Waals surface area contributed by atoms with E-state index in [-0.39, 0.29) is 42.0 Å². The normalized spacial score (nSPS) is 29.1. The smallest absolute Gasteiger partial charge is 0.309 e. The van der Waals surface area contributed by atoms with Crippen LogP contribution in [0.5, 0.6) is 0 Å². The van der Waals surface area contributed by atoms with Crippen LogP contribution in [0.1, 0.15) is 56.2 Å². The summed E-state index contributed by atoms with van der Waals surface area (Å²) in [6.07, 6.45) is 7.32. The fourth-order valence-electron chi connectivity index (χ4n) is 7.56. The molecule has 2 bridgehead atoms. The average Bonchev–Trinajstić information content (AvgIpc) is 3.42. The maximum atomic E-state index is 13.2. The molecule has 1 fully saturated rings. The van der Waals surface area contributed by atoms with Crippen LogP contribution in [0, 0.1) is 17.8 Å². The highest BCUT2D eigenvalue weighted by Gasteiger charge is 2.56. The molecule has 0 amide bonds. The van der Waals surface area contributed by atoms with Gasteiger partial charge in [0.1, 0.15) is 5.60 Å². The van der Waals surface area contributed by atoms with Crippen molar-refractivity contribution in [3.8, 4) is 0 Å². The van der Waals surface area contributed by atoms with E-state index in [0.717, 1.165) is 36.0 Å². The topological polar surface area (TPSA) is 44.8 Å². The predicted octanol–water partition coefficient (Wildman–Crippen LogP) is 7.63. The predicted molar refractivity (Wildman–Crippen MR) is 161 cm³/mol. The number of rotatable bonds is 6. The highest BCUT2D eigenvalue weighted by molar-refractivity contribution is 5.73. The zero-order valence-electron chi connectivity index (χ0n) is 24.2. The molecule has 0 saturated carbocycles. The Bertz CT molecular complexity index is 1300. The maximum Gasteiger partial charge on any atom is 0.309 e. The molecular formula is C37H40O4. The Labute approximate surface area is 244 Å². The molecular weight excluding hydrogens is 508 g/mol. The minimum Gasteiger partial charge on any atom is -0.469 e. The van der Waals surface area contributed by atoms with Crippen molar-refractivity contribution < 1.29 is 19.0 Å². The second-order valence-corrected chi connectivity index (χ2v) is 11.8. The van der Waals surface area contributed by atoms with E-state index >= 15 is 0 Å². The summed E-state index contributed by atoms with van der Waals surface area (Å²) in [5, 5.41) is 0. The van der Waals surface area contributed by atoms with Gasteiger partial charge < -0.3 is 14.2 Å². The van der Waals surface area contributed by atoms with Gasteiger partial charge in [-0.1, -0.05) is 114 Å². The van der Waals surface area contributed by atoms with Crippen LogP contribution in [0.15, 0.2) is 114 Å². The molecule has 3 aromatic rings. The first-order valence-electron chi connectivity index (χ1n) is 14.9. The van der Waals surface area contributed by atoms with Crippen LogP contribution in [0.2, 0.25) is 0 Å². The summed E-state index contributed by atoms with van der Waals surface area (Å²) >= 11 is 0. The summed E-state index contributed by atoms with van der Waals surface area (Å²) in [6.45, 7) is 4.40. The van der Waals surface area contributed by atoms with E-state index in [0.29, 0.717) is 6.42 Å². The van der Waals surface area contributed by atoms with E-state index < -0.39 is 5.60 Å². The molecule has 0 spiro atoms. The van der Waals surface area contributed by atoms with Gasteiger partial charge in [-0.2, -0.15) is 0 Å². The van der Waals surface area contributed by atoms with Gasteiger partial charge in [0.05, 0.1) is 31.3 Å². The van der Waals surface area contributed by atoms with Crippen molar-refractivity contribution in [1.29, 1.82) is 0 Å². The second kappa shape index (κ2) is 11.8. The fraction of sp³-hybridized carbons (Fsp3) is 0.378. The first-order chi connectivity index (χ1) is 20.0. The zero-order chi connectivity index (χ0) is 28.4. The van der Waals surface area contributed by atoms with Crippen molar-refractivity contribution in [2.75, 3.05) is 7.11 Å². The molecule has 0 unspecified atom stereocenters. The molecule has 41 heavy (non-hydrogen) atoms. The van der Waals surface area contributed by atoms with Crippen LogP contribution in [0.3, 0.4) is 0 Å². The Kier molecular flexibility index (Phi) is 7.96. The van der Waals surface area contributed by atoms with Crippen LogP contribution in [-0.2, 0) is 24.6 Å². The third-order valence-electron chi connectivity index (χ3n) is 9.42. The largest absolute Gasteiger partial charge is 0.469 e. The highest BCUT2D eigenvalue weighted by Crippen LogP contribution is 2.52. The first kappa shape index (κ1) is 27.7. The van der Waals surface area contributed by atoms with Gasteiger partial charge in [0.25, 0.3) is 0 Å². The monoisotopic (exact) mass is 548 g/mol. The number of allylic oxidation sites excluding steroid dienone is 2. The van der Waals surface area contributed by atoms with Crippen molar-refractivity contribution >= 4 is 5.97 Å². The van der Waals surface area contributed by atoms with Gasteiger partial charge in [0.15, 0.2) is 0 Å². The number of carbonyl (C=O) groups is 1. The Balaban J connectivity index is 1.53. The van der Waals surface area contributed by atoms with E-state index in [9.17, 15) is 4.79 Å². The molecule has 6 atom stereocenters. The van der Waals surface area contributed by atoms with Gasteiger partial charge >= 0.3 is 5.97 Å². The zero-order valence-corrected chi connectivity index (χ0v) is 24.2. The molecule has 2 aliphatic heterocycles. The molecule has 3 aromatic carbocycles. The van der Waals surface area contributed by atoms with Gasteiger partial charge in [-0.3, -0.25) is 4.79 Å². The van der Waals surface area contributed by atoms with E-state index in [1.54, 1.807) is 0 Å². The van der Waals surface area contributed by atoms with E-state index in [2.05, 4.69) is 98.8 Å². The van der Waals surface area contributed by atoms with Gasteiger partial charge in [0.2, 0.25) is 0 Å². The summed E-state index contributed by atoms with van der Waals surface area (Å²) in [6, 6.07) is 31.6. The van der Waals surface area contributed by atoms with E-state index in [1.807, 2.05) is 18.2 Å². The van der Waals surface area contributed by atoms with Gasteiger partial charge in [0, 0.05) is 11.8 Å². The lowest BCUT2D eigenvalue weighted by molar-refractivity contribution is -0.155. The van der Waals surface area contributed by atoms with E-state index in [4.69, 9.17) is 14.2 Å². The molecule has 212 valence electrons. The molecule has 0 radical (unpaired) electrons. The van der Waals surface area contributed by atoms with Crippen LogP contribution < -0.4 is 0 Å². The van der Waals surface area contributed by atoms with Crippen LogP contribution >= 0.6 is 0 Å². The Morgan fingerprint density at radius 1 is 0.829 bits per heavy atom. The molecule has 3 aliphatic rings.